The quantitative estimate of drug-likeness (QED) is 0.835. The summed E-state index contributed by atoms with van der Waals surface area (Å²) in [4.78, 5) is 26.3. The van der Waals surface area contributed by atoms with Gasteiger partial charge in [-0.2, -0.15) is 0 Å². The van der Waals surface area contributed by atoms with Crippen molar-refractivity contribution in [2.45, 2.75) is 26.2 Å². The van der Waals surface area contributed by atoms with Crippen LogP contribution in [0.3, 0.4) is 0 Å². The molecule has 136 valence electrons. The highest BCUT2D eigenvalue weighted by molar-refractivity contribution is 5.96. The molecule has 0 aromatic heterocycles. The molecule has 3 rings (SSSR count). The molecular formula is C21H25N3O2. The van der Waals surface area contributed by atoms with Crippen LogP contribution in [0.5, 0.6) is 0 Å². The molecule has 2 N–H and O–H groups in total. The predicted octanol–water partition coefficient (Wildman–Crippen LogP) is 3.67. The van der Waals surface area contributed by atoms with E-state index in [1.807, 2.05) is 36.1 Å². The van der Waals surface area contributed by atoms with E-state index in [1.54, 1.807) is 24.3 Å². The second kappa shape index (κ2) is 8.52. The molecule has 0 unspecified atom stereocenters. The van der Waals surface area contributed by atoms with E-state index in [0.717, 1.165) is 37.2 Å². The molecule has 0 atom stereocenters. The lowest BCUT2D eigenvalue weighted by Crippen LogP contribution is -2.27. The Balaban J connectivity index is 1.47. The number of aryl methyl sites for hydroxylation is 1. The van der Waals surface area contributed by atoms with Gasteiger partial charge in [-0.05, 0) is 55.7 Å². The number of benzene rings is 2. The Labute approximate surface area is 154 Å². The Morgan fingerprint density at radius 2 is 1.69 bits per heavy atom. The van der Waals surface area contributed by atoms with Crippen LogP contribution in [-0.4, -0.2) is 36.3 Å². The fraction of sp³-hybridized carbons (Fsp3) is 0.333. The lowest BCUT2D eigenvalue weighted by Gasteiger charge is -2.15. The molecule has 26 heavy (non-hydrogen) atoms. The van der Waals surface area contributed by atoms with Gasteiger partial charge in [-0.25, -0.2) is 0 Å². The van der Waals surface area contributed by atoms with Gasteiger partial charge in [0.25, 0.3) is 5.91 Å². The molecule has 1 heterocycles. The van der Waals surface area contributed by atoms with Crippen LogP contribution < -0.4 is 10.6 Å². The number of hydrogen-bond acceptors (Lipinski definition) is 3. The molecule has 5 nitrogen and oxygen atoms in total. The van der Waals surface area contributed by atoms with Gasteiger partial charge in [0, 0.05) is 43.0 Å². The molecule has 0 radical (unpaired) electrons. The largest absolute Gasteiger partial charge is 0.384 e. The van der Waals surface area contributed by atoms with E-state index in [1.165, 1.54) is 0 Å². The van der Waals surface area contributed by atoms with Gasteiger partial charge in [-0.3, -0.25) is 9.59 Å². The lowest BCUT2D eigenvalue weighted by molar-refractivity contribution is -0.115. The predicted molar refractivity (Wildman–Crippen MR) is 104 cm³/mol. The Morgan fingerprint density at radius 3 is 2.38 bits per heavy atom. The summed E-state index contributed by atoms with van der Waals surface area (Å²) >= 11 is 0. The van der Waals surface area contributed by atoms with Crippen molar-refractivity contribution in [3.8, 4) is 0 Å². The molecule has 2 amide bonds. The van der Waals surface area contributed by atoms with Crippen molar-refractivity contribution in [3.05, 3.63) is 59.7 Å². The Kier molecular flexibility index (Phi) is 5.89. The first-order valence-corrected chi connectivity index (χ1v) is 9.12. The summed E-state index contributed by atoms with van der Waals surface area (Å²) in [6.07, 6.45) is 2.54. The SMILES string of the molecule is Cc1ccccc1NCCC(=O)Nc1ccc(C(=O)N2CCCC2)cc1. The summed E-state index contributed by atoms with van der Waals surface area (Å²) in [5.74, 6) is 0.0208. The maximum absolute atomic E-state index is 12.3. The van der Waals surface area contributed by atoms with Gasteiger partial charge in [-0.15, -0.1) is 0 Å². The minimum atomic E-state index is -0.0512. The minimum absolute atomic E-state index is 0.0512. The molecule has 0 bridgehead atoms. The fourth-order valence-electron chi connectivity index (χ4n) is 3.10. The highest BCUT2D eigenvalue weighted by Gasteiger charge is 2.19. The molecule has 0 aliphatic carbocycles. The zero-order chi connectivity index (χ0) is 18.4. The van der Waals surface area contributed by atoms with Gasteiger partial charge in [0.15, 0.2) is 0 Å². The molecule has 0 spiro atoms. The number of nitrogens with one attached hydrogen (secondary N) is 2. The summed E-state index contributed by atoms with van der Waals surface area (Å²) in [6.45, 7) is 4.28. The molecule has 1 aliphatic rings. The number of likely N-dealkylation sites (tertiary alicyclic amines) is 1. The van der Waals surface area contributed by atoms with Crippen molar-refractivity contribution in [2.24, 2.45) is 0 Å². The van der Waals surface area contributed by atoms with Crippen LogP contribution in [0.2, 0.25) is 0 Å². The third-order valence-electron chi connectivity index (χ3n) is 4.62. The second-order valence-electron chi connectivity index (χ2n) is 6.62. The lowest BCUT2D eigenvalue weighted by atomic mass is 10.2. The van der Waals surface area contributed by atoms with Crippen LogP contribution >= 0.6 is 0 Å². The molecule has 2 aromatic carbocycles. The van der Waals surface area contributed by atoms with Crippen molar-refractivity contribution in [1.29, 1.82) is 0 Å². The number of amides is 2. The van der Waals surface area contributed by atoms with E-state index >= 15 is 0 Å². The highest BCUT2D eigenvalue weighted by atomic mass is 16.2. The van der Waals surface area contributed by atoms with Crippen LogP contribution in [-0.2, 0) is 4.79 Å². The first-order valence-electron chi connectivity index (χ1n) is 9.12. The van der Waals surface area contributed by atoms with Crippen LogP contribution in [0.25, 0.3) is 0 Å². The second-order valence-corrected chi connectivity index (χ2v) is 6.62. The van der Waals surface area contributed by atoms with Crippen LogP contribution in [0, 0.1) is 6.92 Å². The number of carbonyl (C=O) groups excluding carboxylic acids is 2. The van der Waals surface area contributed by atoms with Gasteiger partial charge in [0.1, 0.15) is 0 Å². The third kappa shape index (κ3) is 4.63. The minimum Gasteiger partial charge on any atom is -0.384 e. The zero-order valence-electron chi connectivity index (χ0n) is 15.1. The number of para-hydroxylation sites is 1. The summed E-state index contributed by atoms with van der Waals surface area (Å²) in [5, 5.41) is 6.15. The maximum atomic E-state index is 12.3. The van der Waals surface area contributed by atoms with E-state index in [-0.39, 0.29) is 11.8 Å². The van der Waals surface area contributed by atoms with E-state index in [2.05, 4.69) is 10.6 Å². The number of carbonyl (C=O) groups is 2. The van der Waals surface area contributed by atoms with Crippen LogP contribution in [0.1, 0.15) is 35.2 Å². The van der Waals surface area contributed by atoms with Crippen molar-refractivity contribution in [2.75, 3.05) is 30.3 Å². The molecule has 0 saturated carbocycles. The third-order valence-corrected chi connectivity index (χ3v) is 4.62. The molecule has 1 aliphatic heterocycles. The van der Waals surface area contributed by atoms with E-state index < -0.39 is 0 Å². The summed E-state index contributed by atoms with van der Waals surface area (Å²) in [5.41, 5.74) is 3.59. The number of rotatable bonds is 6. The summed E-state index contributed by atoms with van der Waals surface area (Å²) in [6, 6.07) is 15.1. The molecule has 5 heteroatoms. The molecule has 1 fully saturated rings. The molecular weight excluding hydrogens is 326 g/mol. The number of anilines is 2. The topological polar surface area (TPSA) is 61.4 Å². The maximum Gasteiger partial charge on any atom is 0.253 e. The number of nitrogens with zero attached hydrogens (tertiary/aromatic N) is 1. The van der Waals surface area contributed by atoms with Crippen molar-refractivity contribution < 1.29 is 9.59 Å². The average Bonchev–Trinajstić information content (AvgIpc) is 3.18. The van der Waals surface area contributed by atoms with Gasteiger partial charge in [-0.1, -0.05) is 18.2 Å². The normalized spacial score (nSPS) is 13.5. The molecule has 1 saturated heterocycles. The Bertz CT molecular complexity index is 765. The highest BCUT2D eigenvalue weighted by Crippen LogP contribution is 2.16. The number of hydrogen-bond donors (Lipinski definition) is 2. The van der Waals surface area contributed by atoms with E-state index in [0.29, 0.717) is 24.2 Å². The monoisotopic (exact) mass is 351 g/mol. The van der Waals surface area contributed by atoms with E-state index in [4.69, 9.17) is 0 Å². The van der Waals surface area contributed by atoms with Gasteiger partial charge in [0.05, 0.1) is 0 Å². The van der Waals surface area contributed by atoms with Gasteiger partial charge < -0.3 is 15.5 Å². The van der Waals surface area contributed by atoms with Crippen LogP contribution in [0.4, 0.5) is 11.4 Å². The van der Waals surface area contributed by atoms with Gasteiger partial charge in [0.2, 0.25) is 5.91 Å². The molecule has 2 aromatic rings. The Morgan fingerprint density at radius 1 is 1.00 bits per heavy atom. The smallest absolute Gasteiger partial charge is 0.253 e. The first-order chi connectivity index (χ1) is 12.6. The van der Waals surface area contributed by atoms with E-state index in [9.17, 15) is 9.59 Å². The van der Waals surface area contributed by atoms with Crippen molar-refractivity contribution in [1.82, 2.24) is 4.90 Å². The van der Waals surface area contributed by atoms with Gasteiger partial charge >= 0.3 is 0 Å². The summed E-state index contributed by atoms with van der Waals surface area (Å²) < 4.78 is 0. The zero-order valence-corrected chi connectivity index (χ0v) is 15.1. The average molecular weight is 351 g/mol. The van der Waals surface area contributed by atoms with Crippen molar-refractivity contribution >= 4 is 23.2 Å². The van der Waals surface area contributed by atoms with Crippen LogP contribution in [0.15, 0.2) is 48.5 Å². The Hall–Kier alpha value is -2.82. The summed E-state index contributed by atoms with van der Waals surface area (Å²) in [7, 11) is 0. The first kappa shape index (κ1) is 18.0. The van der Waals surface area contributed by atoms with Crippen molar-refractivity contribution in [3.63, 3.8) is 0 Å². The standard InChI is InChI=1S/C21H25N3O2/c1-16-6-2-3-7-19(16)22-13-12-20(25)23-18-10-8-17(9-11-18)21(26)24-14-4-5-15-24/h2-3,6-11,22H,4-5,12-15H2,1H3,(H,23,25). The fourth-order valence-corrected chi connectivity index (χ4v) is 3.10.